The van der Waals surface area contributed by atoms with Gasteiger partial charge in [-0.3, -0.25) is 10.1 Å². The van der Waals surface area contributed by atoms with Crippen LogP contribution in [0.25, 0.3) is 0 Å². The molecule has 0 aliphatic carbocycles. The molecular weight excluding hydrogens is 526 g/mol. The van der Waals surface area contributed by atoms with Gasteiger partial charge in [0, 0.05) is 24.3 Å². The fraction of sp³-hybridized carbons (Fsp3) is 0.258. The summed E-state index contributed by atoms with van der Waals surface area (Å²) in [5.74, 6) is 1.49. The van der Waals surface area contributed by atoms with E-state index in [0.29, 0.717) is 17.2 Å². The van der Waals surface area contributed by atoms with Gasteiger partial charge in [0.1, 0.15) is 30.8 Å². The SMILES string of the molecule is Cc1cccnc1Oc1ccc([C@@H](O)C(C)NC[C@H](O)COc2ccc(OCc3ccccc3)c([N+](=O)[O-])c2)cc1. The highest BCUT2D eigenvalue weighted by molar-refractivity contribution is 5.51. The summed E-state index contributed by atoms with van der Waals surface area (Å²) in [4.78, 5) is 15.3. The Morgan fingerprint density at radius 3 is 2.39 bits per heavy atom. The summed E-state index contributed by atoms with van der Waals surface area (Å²) in [5.41, 5.74) is 2.26. The van der Waals surface area contributed by atoms with Gasteiger partial charge in [-0.15, -0.1) is 0 Å². The van der Waals surface area contributed by atoms with Crippen LogP contribution in [0.3, 0.4) is 0 Å². The zero-order valence-electron chi connectivity index (χ0n) is 22.8. The second-order valence-corrected chi connectivity index (χ2v) is 9.56. The first-order chi connectivity index (χ1) is 19.8. The largest absolute Gasteiger partial charge is 0.491 e. The fourth-order valence-corrected chi connectivity index (χ4v) is 3.98. The van der Waals surface area contributed by atoms with Gasteiger partial charge in [-0.1, -0.05) is 48.5 Å². The van der Waals surface area contributed by atoms with Gasteiger partial charge in [-0.25, -0.2) is 4.98 Å². The van der Waals surface area contributed by atoms with Crippen LogP contribution in [0.5, 0.6) is 23.1 Å². The third kappa shape index (κ3) is 8.49. The number of pyridine rings is 1. The number of rotatable bonds is 14. The van der Waals surface area contributed by atoms with Crippen molar-refractivity contribution < 1.29 is 29.3 Å². The third-order valence-electron chi connectivity index (χ3n) is 6.35. The van der Waals surface area contributed by atoms with Crippen LogP contribution in [0.1, 0.15) is 29.7 Å². The highest BCUT2D eigenvalue weighted by atomic mass is 16.6. The summed E-state index contributed by atoms with van der Waals surface area (Å²) < 4.78 is 17.0. The maximum Gasteiger partial charge on any atom is 0.314 e. The summed E-state index contributed by atoms with van der Waals surface area (Å²) in [6, 6.07) is 24.1. The van der Waals surface area contributed by atoms with Gasteiger partial charge in [-0.2, -0.15) is 0 Å². The Kier molecular flexibility index (Phi) is 10.2. The minimum absolute atomic E-state index is 0.101. The van der Waals surface area contributed by atoms with Gasteiger partial charge in [0.2, 0.25) is 5.88 Å². The van der Waals surface area contributed by atoms with Gasteiger partial charge in [0.15, 0.2) is 5.75 Å². The molecule has 4 aromatic rings. The Morgan fingerprint density at radius 1 is 0.951 bits per heavy atom. The van der Waals surface area contributed by atoms with E-state index < -0.39 is 17.1 Å². The molecule has 1 aromatic heterocycles. The molecule has 3 aromatic carbocycles. The van der Waals surface area contributed by atoms with E-state index in [-0.39, 0.29) is 43.0 Å². The van der Waals surface area contributed by atoms with Crippen molar-refractivity contribution in [3.63, 3.8) is 0 Å². The molecule has 0 spiro atoms. The molecule has 1 unspecified atom stereocenters. The molecule has 0 aliphatic rings. The molecule has 0 aliphatic heterocycles. The van der Waals surface area contributed by atoms with E-state index in [1.54, 1.807) is 43.5 Å². The molecule has 41 heavy (non-hydrogen) atoms. The normalized spacial score (nSPS) is 13.2. The first kappa shape index (κ1) is 29.5. The van der Waals surface area contributed by atoms with E-state index in [1.807, 2.05) is 49.4 Å². The predicted molar refractivity (Wildman–Crippen MR) is 153 cm³/mol. The zero-order valence-corrected chi connectivity index (χ0v) is 22.8. The average Bonchev–Trinajstić information content (AvgIpc) is 2.99. The van der Waals surface area contributed by atoms with Gasteiger partial charge in [0.25, 0.3) is 0 Å². The van der Waals surface area contributed by atoms with E-state index in [1.165, 1.54) is 12.1 Å². The van der Waals surface area contributed by atoms with Gasteiger partial charge < -0.3 is 29.7 Å². The van der Waals surface area contributed by atoms with Crippen molar-refractivity contribution in [1.29, 1.82) is 0 Å². The second kappa shape index (κ2) is 14.2. The highest BCUT2D eigenvalue weighted by Crippen LogP contribution is 2.32. The number of aryl methyl sites for hydroxylation is 1. The molecular formula is C31H33N3O7. The van der Waals surface area contributed by atoms with E-state index >= 15 is 0 Å². The van der Waals surface area contributed by atoms with E-state index in [9.17, 15) is 20.3 Å². The van der Waals surface area contributed by atoms with Crippen molar-refractivity contribution in [1.82, 2.24) is 10.3 Å². The molecule has 3 N–H and O–H groups in total. The minimum atomic E-state index is -0.921. The predicted octanol–water partition coefficient (Wildman–Crippen LogP) is 5.12. The Balaban J connectivity index is 1.24. The van der Waals surface area contributed by atoms with Crippen molar-refractivity contribution in [3.05, 3.63) is 118 Å². The zero-order chi connectivity index (χ0) is 29.2. The number of aliphatic hydroxyl groups excluding tert-OH is 2. The maximum absolute atomic E-state index is 11.6. The number of ether oxygens (including phenoxy) is 3. The van der Waals surface area contributed by atoms with Crippen LogP contribution in [-0.2, 0) is 6.61 Å². The lowest BCUT2D eigenvalue weighted by Gasteiger charge is -2.22. The van der Waals surface area contributed by atoms with Gasteiger partial charge in [-0.05, 0) is 55.3 Å². The maximum atomic E-state index is 11.6. The molecule has 0 saturated heterocycles. The van der Waals surface area contributed by atoms with Crippen LogP contribution in [0.2, 0.25) is 0 Å². The molecule has 0 amide bonds. The molecule has 0 fully saturated rings. The molecule has 0 bridgehead atoms. The number of hydrogen-bond acceptors (Lipinski definition) is 9. The standard InChI is InChI=1S/C31H33N3O7/c1-21-7-6-16-32-31(21)41-26-12-10-24(11-13-26)30(36)22(2)33-18-25(35)20-39-27-14-15-29(28(17-27)34(37)38)40-19-23-8-4-3-5-9-23/h3-17,22,25,30,33,35-36H,18-20H2,1-2H3/t22?,25-,30-/m0/s1. The Bertz CT molecular complexity index is 1420. The number of nitro benzene ring substituents is 1. The number of hydrogen-bond donors (Lipinski definition) is 3. The van der Waals surface area contributed by atoms with Crippen molar-refractivity contribution in [2.75, 3.05) is 13.2 Å². The van der Waals surface area contributed by atoms with Crippen molar-refractivity contribution >= 4 is 5.69 Å². The summed E-state index contributed by atoms with van der Waals surface area (Å²) >= 11 is 0. The van der Waals surface area contributed by atoms with E-state index in [4.69, 9.17) is 14.2 Å². The van der Waals surface area contributed by atoms with Crippen molar-refractivity contribution in [2.24, 2.45) is 0 Å². The van der Waals surface area contributed by atoms with Crippen LogP contribution in [0.15, 0.2) is 91.1 Å². The Morgan fingerprint density at radius 2 is 1.68 bits per heavy atom. The van der Waals surface area contributed by atoms with Crippen LogP contribution < -0.4 is 19.5 Å². The molecule has 3 atom stereocenters. The van der Waals surface area contributed by atoms with Crippen LogP contribution in [0, 0.1) is 17.0 Å². The number of nitrogens with zero attached hydrogens (tertiary/aromatic N) is 2. The van der Waals surface area contributed by atoms with Crippen LogP contribution >= 0.6 is 0 Å². The van der Waals surface area contributed by atoms with Gasteiger partial charge >= 0.3 is 5.69 Å². The molecule has 10 nitrogen and oxygen atoms in total. The van der Waals surface area contributed by atoms with E-state index in [2.05, 4.69) is 10.3 Å². The van der Waals surface area contributed by atoms with Crippen molar-refractivity contribution in [3.8, 4) is 23.1 Å². The van der Waals surface area contributed by atoms with Crippen LogP contribution in [-0.4, -0.2) is 45.4 Å². The number of aliphatic hydroxyl groups is 2. The number of nitrogens with one attached hydrogen (secondary N) is 1. The van der Waals surface area contributed by atoms with Gasteiger partial charge in [0.05, 0.1) is 17.1 Å². The quantitative estimate of drug-likeness (QED) is 0.142. The number of benzene rings is 3. The second-order valence-electron chi connectivity index (χ2n) is 9.56. The smallest absolute Gasteiger partial charge is 0.314 e. The number of nitro groups is 1. The van der Waals surface area contributed by atoms with Crippen molar-refractivity contribution in [2.45, 2.75) is 38.7 Å². The topological polar surface area (TPSA) is 136 Å². The lowest BCUT2D eigenvalue weighted by molar-refractivity contribution is -0.386. The molecule has 10 heteroatoms. The van der Waals surface area contributed by atoms with E-state index in [0.717, 1.165) is 11.1 Å². The Hall–Kier alpha value is -4.51. The molecule has 0 radical (unpaired) electrons. The number of aromatic nitrogens is 1. The monoisotopic (exact) mass is 559 g/mol. The molecule has 0 saturated carbocycles. The fourth-order valence-electron chi connectivity index (χ4n) is 3.98. The summed E-state index contributed by atoms with van der Waals surface area (Å²) in [6.07, 6.45) is -0.0920. The summed E-state index contributed by atoms with van der Waals surface area (Å²) in [6.45, 7) is 3.95. The molecule has 214 valence electrons. The van der Waals surface area contributed by atoms with Crippen LogP contribution in [0.4, 0.5) is 5.69 Å². The Labute approximate surface area is 238 Å². The molecule has 4 rings (SSSR count). The first-order valence-corrected chi connectivity index (χ1v) is 13.2. The highest BCUT2D eigenvalue weighted by Gasteiger charge is 2.20. The lowest BCUT2D eigenvalue weighted by atomic mass is 10.0. The lowest BCUT2D eigenvalue weighted by Crippen LogP contribution is -2.39. The average molecular weight is 560 g/mol. The summed E-state index contributed by atoms with van der Waals surface area (Å²) in [5, 5.41) is 35.8. The minimum Gasteiger partial charge on any atom is -0.491 e. The first-order valence-electron chi connectivity index (χ1n) is 13.2. The summed E-state index contributed by atoms with van der Waals surface area (Å²) in [7, 11) is 0. The molecule has 1 heterocycles. The third-order valence-corrected chi connectivity index (χ3v) is 6.35.